The van der Waals surface area contributed by atoms with Gasteiger partial charge in [-0.25, -0.2) is 0 Å². The van der Waals surface area contributed by atoms with Crippen molar-refractivity contribution in [2.45, 2.75) is 32.1 Å². The highest BCUT2D eigenvalue weighted by atomic mass is 16.5. The molecule has 1 aromatic heterocycles. The first-order valence-electron chi connectivity index (χ1n) is 8.49. The van der Waals surface area contributed by atoms with Crippen LogP contribution in [0.5, 0.6) is 0 Å². The van der Waals surface area contributed by atoms with Crippen molar-refractivity contribution in [3.63, 3.8) is 0 Å². The minimum absolute atomic E-state index is 0.233. The Balaban J connectivity index is 1.41. The molecule has 4 rings (SSSR count). The molecule has 23 heavy (non-hydrogen) atoms. The van der Waals surface area contributed by atoms with Crippen molar-refractivity contribution in [3.05, 3.63) is 53.2 Å². The lowest BCUT2D eigenvalue weighted by Crippen LogP contribution is -2.31. The molecule has 2 aliphatic rings. The maximum Gasteiger partial charge on any atom is 0.238 e. The molecule has 4 heteroatoms. The molecule has 1 aromatic carbocycles. The van der Waals surface area contributed by atoms with Gasteiger partial charge in [0, 0.05) is 6.42 Å². The maximum absolute atomic E-state index is 5.56. The molecule has 0 N–H and O–H groups in total. The number of aromatic nitrogens is 2. The molecule has 4 nitrogen and oxygen atoms in total. The monoisotopic (exact) mass is 309 g/mol. The van der Waals surface area contributed by atoms with Crippen LogP contribution in [-0.4, -0.2) is 35.2 Å². The third-order valence-electron chi connectivity index (χ3n) is 5.19. The standard InChI is InChI=1S/C19H23N3O/c1-13-17(15-6-4-3-5-7-15)18(13)19-20-16(21-23-19)12-14-8-10-22(2)11-9-14/h3-7,14,18H,8-12H2,1-2H3/t18-/m0/s1. The second-order valence-corrected chi connectivity index (χ2v) is 6.90. The summed E-state index contributed by atoms with van der Waals surface area (Å²) in [7, 11) is 2.19. The Labute approximate surface area is 137 Å². The molecule has 1 aliphatic heterocycles. The minimum atomic E-state index is 0.233. The van der Waals surface area contributed by atoms with Crippen LogP contribution >= 0.6 is 0 Å². The van der Waals surface area contributed by atoms with E-state index in [1.54, 1.807) is 0 Å². The Morgan fingerprint density at radius 2 is 1.91 bits per heavy atom. The molecule has 2 heterocycles. The summed E-state index contributed by atoms with van der Waals surface area (Å²) in [6.45, 7) is 4.52. The molecule has 1 atom stereocenters. The van der Waals surface area contributed by atoms with Crippen molar-refractivity contribution in [3.8, 4) is 0 Å². The molecular weight excluding hydrogens is 286 g/mol. The molecule has 0 bridgehead atoms. The summed E-state index contributed by atoms with van der Waals surface area (Å²) in [6, 6.07) is 10.5. The molecule has 0 saturated carbocycles. The normalized spacial score (nSPS) is 22.6. The molecule has 0 radical (unpaired) electrons. The second-order valence-electron chi connectivity index (χ2n) is 6.90. The van der Waals surface area contributed by atoms with Crippen molar-refractivity contribution in [2.75, 3.05) is 20.1 Å². The van der Waals surface area contributed by atoms with Crippen LogP contribution in [0.2, 0.25) is 0 Å². The third kappa shape index (κ3) is 2.95. The smallest absolute Gasteiger partial charge is 0.238 e. The molecule has 0 unspecified atom stereocenters. The van der Waals surface area contributed by atoms with Crippen LogP contribution in [0.25, 0.3) is 5.57 Å². The van der Waals surface area contributed by atoms with Crippen molar-refractivity contribution in [2.24, 2.45) is 5.92 Å². The van der Waals surface area contributed by atoms with Gasteiger partial charge in [-0.2, -0.15) is 4.98 Å². The highest BCUT2D eigenvalue weighted by Gasteiger charge is 2.39. The largest absolute Gasteiger partial charge is 0.338 e. The van der Waals surface area contributed by atoms with E-state index in [0.29, 0.717) is 5.92 Å². The fourth-order valence-corrected chi connectivity index (χ4v) is 3.64. The third-order valence-corrected chi connectivity index (χ3v) is 5.19. The summed E-state index contributed by atoms with van der Waals surface area (Å²) >= 11 is 0. The molecule has 1 saturated heterocycles. The van der Waals surface area contributed by atoms with Crippen molar-refractivity contribution in [1.82, 2.24) is 15.0 Å². The van der Waals surface area contributed by atoms with Crippen LogP contribution in [0.4, 0.5) is 0 Å². The first-order chi connectivity index (χ1) is 11.2. The number of nitrogens with zero attached hydrogens (tertiary/aromatic N) is 3. The SMILES string of the molecule is CC1=C(c2ccccc2)[C@H]1c1nc(CC2CCN(C)CC2)no1. The average molecular weight is 309 g/mol. The van der Waals surface area contributed by atoms with E-state index in [1.165, 1.54) is 42.6 Å². The van der Waals surface area contributed by atoms with Crippen LogP contribution in [0.3, 0.4) is 0 Å². The van der Waals surface area contributed by atoms with Gasteiger partial charge < -0.3 is 9.42 Å². The van der Waals surface area contributed by atoms with Crippen molar-refractivity contribution in [1.29, 1.82) is 0 Å². The summed E-state index contributed by atoms with van der Waals surface area (Å²) in [6.07, 6.45) is 3.41. The van der Waals surface area contributed by atoms with Crippen molar-refractivity contribution < 1.29 is 4.52 Å². The molecule has 120 valence electrons. The first kappa shape index (κ1) is 14.6. The number of hydrogen-bond acceptors (Lipinski definition) is 4. The summed E-state index contributed by atoms with van der Waals surface area (Å²) in [5.74, 6) is 2.57. The maximum atomic E-state index is 5.56. The van der Waals surface area contributed by atoms with Gasteiger partial charge in [-0.05, 0) is 57.0 Å². The highest BCUT2D eigenvalue weighted by molar-refractivity contribution is 5.89. The number of rotatable bonds is 4. The summed E-state index contributed by atoms with van der Waals surface area (Å²) in [5.41, 5.74) is 3.97. The Morgan fingerprint density at radius 3 is 2.65 bits per heavy atom. The Morgan fingerprint density at radius 1 is 1.17 bits per heavy atom. The van der Waals surface area contributed by atoms with Crippen molar-refractivity contribution >= 4 is 5.57 Å². The number of benzene rings is 1. The van der Waals surface area contributed by atoms with Gasteiger partial charge in [0.15, 0.2) is 5.82 Å². The summed E-state index contributed by atoms with van der Waals surface area (Å²) in [5, 5.41) is 4.23. The molecule has 0 amide bonds. The minimum Gasteiger partial charge on any atom is -0.338 e. The number of piperidine rings is 1. The lowest BCUT2D eigenvalue weighted by molar-refractivity contribution is 0.216. The number of hydrogen-bond donors (Lipinski definition) is 0. The molecular formula is C19H23N3O. The molecule has 2 aromatic rings. The average Bonchev–Trinajstić information content (AvgIpc) is 3.02. The van der Waals surface area contributed by atoms with E-state index in [-0.39, 0.29) is 5.92 Å². The van der Waals surface area contributed by atoms with Crippen LogP contribution in [-0.2, 0) is 6.42 Å². The van der Waals surface area contributed by atoms with Crippen LogP contribution in [0.15, 0.2) is 40.4 Å². The predicted molar refractivity (Wildman–Crippen MR) is 90.0 cm³/mol. The van der Waals surface area contributed by atoms with E-state index in [4.69, 9.17) is 4.52 Å². The highest BCUT2D eigenvalue weighted by Crippen LogP contribution is 2.53. The molecule has 0 spiro atoms. The van der Waals surface area contributed by atoms with Gasteiger partial charge in [-0.1, -0.05) is 41.1 Å². The van der Waals surface area contributed by atoms with Gasteiger partial charge in [0.05, 0.1) is 5.92 Å². The Bertz CT molecular complexity index is 711. The lowest BCUT2D eigenvalue weighted by atomic mass is 9.94. The first-order valence-corrected chi connectivity index (χ1v) is 8.49. The molecule has 1 aliphatic carbocycles. The van der Waals surface area contributed by atoms with E-state index < -0.39 is 0 Å². The van der Waals surface area contributed by atoms with Crippen LogP contribution in [0.1, 0.15) is 43.0 Å². The predicted octanol–water partition coefficient (Wildman–Crippen LogP) is 3.52. The van der Waals surface area contributed by atoms with E-state index in [2.05, 4.69) is 53.3 Å². The van der Waals surface area contributed by atoms with E-state index in [0.717, 1.165) is 18.1 Å². The van der Waals surface area contributed by atoms with Gasteiger partial charge in [-0.3, -0.25) is 0 Å². The fourth-order valence-electron chi connectivity index (χ4n) is 3.64. The zero-order valence-corrected chi connectivity index (χ0v) is 13.8. The zero-order valence-electron chi connectivity index (χ0n) is 13.8. The van der Waals surface area contributed by atoms with Crippen LogP contribution < -0.4 is 0 Å². The Kier molecular flexibility index (Phi) is 3.77. The van der Waals surface area contributed by atoms with Gasteiger partial charge in [0.2, 0.25) is 5.89 Å². The van der Waals surface area contributed by atoms with Gasteiger partial charge >= 0.3 is 0 Å². The summed E-state index contributed by atoms with van der Waals surface area (Å²) in [4.78, 5) is 7.07. The number of likely N-dealkylation sites (tertiary alicyclic amines) is 1. The fraction of sp³-hybridized carbons (Fsp3) is 0.474. The van der Waals surface area contributed by atoms with E-state index in [9.17, 15) is 0 Å². The lowest BCUT2D eigenvalue weighted by Gasteiger charge is -2.28. The van der Waals surface area contributed by atoms with Gasteiger partial charge in [0.25, 0.3) is 0 Å². The van der Waals surface area contributed by atoms with Crippen LogP contribution in [0, 0.1) is 5.92 Å². The summed E-state index contributed by atoms with van der Waals surface area (Å²) < 4.78 is 5.56. The van der Waals surface area contributed by atoms with Gasteiger partial charge in [0.1, 0.15) is 0 Å². The Hall–Kier alpha value is -1.94. The quantitative estimate of drug-likeness (QED) is 0.866. The van der Waals surface area contributed by atoms with Gasteiger partial charge in [-0.15, -0.1) is 0 Å². The van der Waals surface area contributed by atoms with E-state index in [1.807, 2.05) is 6.07 Å². The second kappa shape index (κ2) is 5.93. The van der Waals surface area contributed by atoms with E-state index >= 15 is 0 Å². The molecule has 1 fully saturated rings. The number of allylic oxidation sites excluding steroid dienone is 2. The zero-order chi connectivity index (χ0) is 15.8. The topological polar surface area (TPSA) is 42.2 Å².